The molecule has 0 bridgehead atoms. The van der Waals surface area contributed by atoms with Crippen LogP contribution in [-0.2, 0) is 0 Å². The van der Waals surface area contributed by atoms with Crippen molar-refractivity contribution >= 4 is 11.4 Å². The molecule has 3 rings (SSSR count). The van der Waals surface area contributed by atoms with Crippen LogP contribution in [0.25, 0.3) is 0 Å². The maximum Gasteiger partial charge on any atom is 0.0392 e. The number of nitrogen functional groups attached to an aromatic ring is 1. The molecular weight excluding hydrogens is 208 g/mol. The maximum atomic E-state index is 5.97. The van der Waals surface area contributed by atoms with Crippen molar-refractivity contribution in [2.75, 3.05) is 17.2 Å². The Kier molecular flexibility index (Phi) is 2.73. The van der Waals surface area contributed by atoms with Gasteiger partial charge in [0.1, 0.15) is 0 Å². The molecular formula is C15H22N2. The van der Waals surface area contributed by atoms with Crippen LogP contribution in [0.1, 0.15) is 37.7 Å². The molecule has 1 saturated carbocycles. The predicted octanol–water partition coefficient (Wildman–Crippen LogP) is 3.35. The normalized spacial score (nSPS) is 28.2. The van der Waals surface area contributed by atoms with Crippen LogP contribution in [0.4, 0.5) is 11.4 Å². The van der Waals surface area contributed by atoms with Crippen molar-refractivity contribution in [1.82, 2.24) is 0 Å². The van der Waals surface area contributed by atoms with Gasteiger partial charge in [-0.3, -0.25) is 0 Å². The highest BCUT2D eigenvalue weighted by Gasteiger charge is 2.35. The summed E-state index contributed by atoms with van der Waals surface area (Å²) in [6.45, 7) is 3.35. The van der Waals surface area contributed by atoms with Gasteiger partial charge < -0.3 is 10.6 Å². The van der Waals surface area contributed by atoms with Crippen LogP contribution in [0.2, 0.25) is 0 Å². The van der Waals surface area contributed by atoms with Crippen molar-refractivity contribution in [1.29, 1.82) is 0 Å². The van der Waals surface area contributed by atoms with Crippen molar-refractivity contribution in [3.8, 4) is 0 Å². The summed E-state index contributed by atoms with van der Waals surface area (Å²) in [7, 11) is 0. The molecule has 2 nitrogen and oxygen atoms in total. The van der Waals surface area contributed by atoms with Gasteiger partial charge in [-0.05, 0) is 55.9 Å². The summed E-state index contributed by atoms with van der Waals surface area (Å²) in [4.78, 5) is 2.60. The molecule has 2 atom stereocenters. The van der Waals surface area contributed by atoms with Gasteiger partial charge in [0.15, 0.2) is 0 Å². The number of anilines is 2. The molecule has 1 aromatic carbocycles. The highest BCUT2D eigenvalue weighted by Crippen LogP contribution is 2.39. The first-order valence-corrected chi connectivity index (χ1v) is 6.88. The summed E-state index contributed by atoms with van der Waals surface area (Å²) in [5.41, 5.74) is 9.49. The van der Waals surface area contributed by atoms with Gasteiger partial charge in [0.25, 0.3) is 0 Å². The van der Waals surface area contributed by atoms with Crippen molar-refractivity contribution in [3.05, 3.63) is 23.8 Å². The minimum atomic E-state index is 0.782. The zero-order chi connectivity index (χ0) is 11.8. The molecule has 1 aliphatic heterocycles. The second-order valence-electron chi connectivity index (χ2n) is 5.70. The third kappa shape index (κ3) is 2.01. The Balaban J connectivity index is 1.88. The van der Waals surface area contributed by atoms with Crippen LogP contribution in [0.5, 0.6) is 0 Å². The summed E-state index contributed by atoms with van der Waals surface area (Å²) in [5.74, 6) is 0.936. The lowest BCUT2D eigenvalue weighted by molar-refractivity contribution is 0.342. The van der Waals surface area contributed by atoms with E-state index in [1.165, 1.54) is 49.9 Å². The van der Waals surface area contributed by atoms with Crippen molar-refractivity contribution < 1.29 is 0 Å². The summed E-state index contributed by atoms with van der Waals surface area (Å²) in [6, 6.07) is 7.26. The van der Waals surface area contributed by atoms with Crippen LogP contribution in [0.3, 0.4) is 0 Å². The maximum absolute atomic E-state index is 5.97. The molecule has 92 valence electrons. The van der Waals surface area contributed by atoms with E-state index in [-0.39, 0.29) is 0 Å². The standard InChI is InChI=1S/C15H22N2/c1-11-8-13(16)10-14(9-11)17-7-6-12-4-2-3-5-15(12)17/h8-10,12,15H,2-7,16H2,1H3. The lowest BCUT2D eigenvalue weighted by Crippen LogP contribution is -2.34. The number of benzene rings is 1. The molecule has 2 N–H and O–H groups in total. The van der Waals surface area contributed by atoms with Gasteiger partial charge in [-0.2, -0.15) is 0 Å². The number of hydrogen-bond acceptors (Lipinski definition) is 2. The van der Waals surface area contributed by atoms with Gasteiger partial charge in [0.05, 0.1) is 0 Å². The Hall–Kier alpha value is -1.18. The first kappa shape index (κ1) is 10.9. The fraction of sp³-hybridized carbons (Fsp3) is 0.600. The first-order valence-electron chi connectivity index (χ1n) is 6.88. The van der Waals surface area contributed by atoms with E-state index in [1.807, 2.05) is 0 Å². The Morgan fingerprint density at radius 3 is 2.76 bits per heavy atom. The fourth-order valence-electron chi connectivity index (χ4n) is 3.68. The Bertz CT molecular complexity index is 393. The van der Waals surface area contributed by atoms with Gasteiger partial charge in [0.2, 0.25) is 0 Å². The van der Waals surface area contributed by atoms with Crippen molar-refractivity contribution in [2.24, 2.45) is 5.92 Å². The molecule has 0 spiro atoms. The van der Waals surface area contributed by atoms with E-state index in [2.05, 4.69) is 30.0 Å². The largest absolute Gasteiger partial charge is 0.399 e. The van der Waals surface area contributed by atoms with Gasteiger partial charge in [-0.1, -0.05) is 12.8 Å². The minimum absolute atomic E-state index is 0.782. The molecule has 17 heavy (non-hydrogen) atoms. The van der Waals surface area contributed by atoms with Gasteiger partial charge in [0, 0.05) is 24.0 Å². The third-order valence-electron chi connectivity index (χ3n) is 4.43. The van der Waals surface area contributed by atoms with Crippen LogP contribution in [0, 0.1) is 12.8 Å². The van der Waals surface area contributed by atoms with E-state index in [4.69, 9.17) is 5.73 Å². The molecule has 1 aliphatic carbocycles. The average molecular weight is 230 g/mol. The van der Waals surface area contributed by atoms with Crippen LogP contribution < -0.4 is 10.6 Å². The Morgan fingerprint density at radius 2 is 1.94 bits per heavy atom. The second-order valence-corrected chi connectivity index (χ2v) is 5.70. The number of fused-ring (bicyclic) bond motifs is 1. The number of aryl methyl sites for hydroxylation is 1. The second kappa shape index (κ2) is 4.25. The third-order valence-corrected chi connectivity index (χ3v) is 4.43. The van der Waals surface area contributed by atoms with E-state index in [1.54, 1.807) is 0 Å². The monoisotopic (exact) mass is 230 g/mol. The van der Waals surface area contributed by atoms with Crippen molar-refractivity contribution in [2.45, 2.75) is 45.1 Å². The van der Waals surface area contributed by atoms with Crippen LogP contribution in [-0.4, -0.2) is 12.6 Å². The number of rotatable bonds is 1. The lowest BCUT2D eigenvalue weighted by atomic mass is 9.85. The SMILES string of the molecule is Cc1cc(N)cc(N2CCC3CCCCC32)c1. The number of nitrogens with two attached hydrogens (primary N) is 1. The molecule has 2 heteroatoms. The van der Waals surface area contributed by atoms with E-state index in [0.717, 1.165) is 17.6 Å². The summed E-state index contributed by atoms with van der Waals surface area (Å²) in [5, 5.41) is 0. The van der Waals surface area contributed by atoms with Crippen LogP contribution in [0.15, 0.2) is 18.2 Å². The molecule has 2 fully saturated rings. The Morgan fingerprint density at radius 1 is 1.12 bits per heavy atom. The molecule has 1 aromatic rings. The highest BCUT2D eigenvalue weighted by atomic mass is 15.2. The zero-order valence-corrected chi connectivity index (χ0v) is 10.7. The fourth-order valence-corrected chi connectivity index (χ4v) is 3.68. The quantitative estimate of drug-likeness (QED) is 0.750. The minimum Gasteiger partial charge on any atom is -0.399 e. The molecule has 2 aliphatic rings. The van der Waals surface area contributed by atoms with Crippen LogP contribution >= 0.6 is 0 Å². The number of nitrogens with zero attached hydrogens (tertiary/aromatic N) is 1. The summed E-state index contributed by atoms with van der Waals surface area (Å²) >= 11 is 0. The smallest absolute Gasteiger partial charge is 0.0392 e. The zero-order valence-electron chi connectivity index (χ0n) is 10.7. The molecule has 0 aromatic heterocycles. The summed E-state index contributed by atoms with van der Waals surface area (Å²) < 4.78 is 0. The molecule has 1 heterocycles. The average Bonchev–Trinajstić information content (AvgIpc) is 2.71. The Labute approximate surface area is 104 Å². The van der Waals surface area contributed by atoms with E-state index in [0.29, 0.717) is 0 Å². The first-order chi connectivity index (χ1) is 8.24. The number of hydrogen-bond donors (Lipinski definition) is 1. The van der Waals surface area contributed by atoms with E-state index >= 15 is 0 Å². The highest BCUT2D eigenvalue weighted by molar-refractivity contribution is 5.59. The van der Waals surface area contributed by atoms with Crippen molar-refractivity contribution in [3.63, 3.8) is 0 Å². The molecule has 0 amide bonds. The lowest BCUT2D eigenvalue weighted by Gasteiger charge is -2.33. The molecule has 2 unspecified atom stereocenters. The molecule has 0 radical (unpaired) electrons. The van der Waals surface area contributed by atoms with E-state index < -0.39 is 0 Å². The van der Waals surface area contributed by atoms with Gasteiger partial charge in [-0.25, -0.2) is 0 Å². The van der Waals surface area contributed by atoms with Gasteiger partial charge >= 0.3 is 0 Å². The van der Waals surface area contributed by atoms with Gasteiger partial charge in [-0.15, -0.1) is 0 Å². The molecule has 1 saturated heterocycles. The van der Waals surface area contributed by atoms with E-state index in [9.17, 15) is 0 Å². The topological polar surface area (TPSA) is 29.3 Å². The predicted molar refractivity (Wildman–Crippen MR) is 73.3 cm³/mol. The summed E-state index contributed by atoms with van der Waals surface area (Å²) in [6.07, 6.45) is 7.02.